The minimum atomic E-state index is -0.210. The van der Waals surface area contributed by atoms with Gasteiger partial charge in [-0.3, -0.25) is 14.2 Å². The molecule has 0 spiro atoms. The predicted molar refractivity (Wildman–Crippen MR) is 130 cm³/mol. The fourth-order valence-corrected chi connectivity index (χ4v) is 5.28. The minimum absolute atomic E-state index is 0.0134. The minimum Gasteiger partial charge on any atom is -0.308 e. The van der Waals surface area contributed by atoms with Crippen molar-refractivity contribution in [1.82, 2.24) is 9.55 Å². The van der Waals surface area contributed by atoms with Gasteiger partial charge in [-0.25, -0.2) is 4.98 Å². The standard InChI is InChI=1S/C25H20ClN3O2S/c1-16-14-17-8-2-6-12-21(17)28(16)23(30)15-32-25-27-20-11-5-3-9-18(20)24(31)29(25)22-13-7-4-10-19(22)26/h2-13,16H,14-15H2,1H3. The summed E-state index contributed by atoms with van der Waals surface area (Å²) in [6.07, 6.45) is 0.838. The van der Waals surface area contributed by atoms with Gasteiger partial charge in [0.1, 0.15) is 0 Å². The summed E-state index contributed by atoms with van der Waals surface area (Å²) in [5.74, 6) is 0.147. The van der Waals surface area contributed by atoms with Gasteiger partial charge in [0.2, 0.25) is 5.91 Å². The zero-order valence-electron chi connectivity index (χ0n) is 17.4. The number of benzene rings is 3. The molecule has 1 aromatic heterocycles. The van der Waals surface area contributed by atoms with Crippen molar-refractivity contribution in [3.05, 3.63) is 93.7 Å². The highest BCUT2D eigenvalue weighted by Gasteiger charge is 2.30. The van der Waals surface area contributed by atoms with E-state index in [-0.39, 0.29) is 23.3 Å². The quantitative estimate of drug-likeness (QED) is 0.313. The Balaban J connectivity index is 1.53. The zero-order chi connectivity index (χ0) is 22.2. The summed E-state index contributed by atoms with van der Waals surface area (Å²) in [5, 5.41) is 1.39. The van der Waals surface area contributed by atoms with Crippen LogP contribution in [-0.2, 0) is 11.2 Å². The summed E-state index contributed by atoms with van der Waals surface area (Å²) in [5.41, 5.74) is 3.07. The predicted octanol–water partition coefficient (Wildman–Crippen LogP) is 5.11. The molecule has 0 fully saturated rings. The lowest BCUT2D eigenvalue weighted by molar-refractivity contribution is -0.116. The average molecular weight is 462 g/mol. The van der Waals surface area contributed by atoms with Crippen LogP contribution < -0.4 is 10.5 Å². The lowest BCUT2D eigenvalue weighted by Gasteiger charge is -2.23. The van der Waals surface area contributed by atoms with Crippen LogP contribution in [0.4, 0.5) is 5.69 Å². The Morgan fingerprint density at radius 2 is 1.72 bits per heavy atom. The van der Waals surface area contributed by atoms with Gasteiger partial charge >= 0.3 is 0 Å². The number of thioether (sulfide) groups is 1. The van der Waals surface area contributed by atoms with Crippen LogP contribution in [-0.4, -0.2) is 27.3 Å². The van der Waals surface area contributed by atoms with Crippen LogP contribution in [0, 0.1) is 0 Å². The van der Waals surface area contributed by atoms with Gasteiger partial charge in [-0.2, -0.15) is 0 Å². The van der Waals surface area contributed by atoms with E-state index in [1.165, 1.54) is 21.9 Å². The molecule has 1 atom stereocenters. The number of halogens is 1. The van der Waals surface area contributed by atoms with Crippen molar-refractivity contribution in [2.45, 2.75) is 24.5 Å². The van der Waals surface area contributed by atoms with Crippen molar-refractivity contribution in [3.63, 3.8) is 0 Å². The number of hydrogen-bond donors (Lipinski definition) is 0. The smallest absolute Gasteiger partial charge is 0.266 e. The van der Waals surface area contributed by atoms with Gasteiger partial charge in [-0.1, -0.05) is 65.8 Å². The normalized spacial score (nSPS) is 15.2. The highest BCUT2D eigenvalue weighted by atomic mass is 35.5. The van der Waals surface area contributed by atoms with E-state index in [9.17, 15) is 9.59 Å². The fourth-order valence-electron chi connectivity index (χ4n) is 4.20. The number of rotatable bonds is 4. The second-order valence-electron chi connectivity index (χ2n) is 7.74. The van der Waals surface area contributed by atoms with Gasteiger partial charge in [0, 0.05) is 11.7 Å². The molecule has 1 amide bonds. The number of hydrogen-bond acceptors (Lipinski definition) is 4. The molecule has 1 aliphatic rings. The fraction of sp³-hybridized carbons (Fsp3) is 0.160. The Hall–Kier alpha value is -3.09. The van der Waals surface area contributed by atoms with Crippen LogP contribution in [0.1, 0.15) is 12.5 Å². The number of amides is 1. The van der Waals surface area contributed by atoms with Crippen LogP contribution in [0.5, 0.6) is 0 Å². The first-order chi connectivity index (χ1) is 15.5. The summed E-state index contributed by atoms with van der Waals surface area (Å²) in [4.78, 5) is 33.2. The first kappa shape index (κ1) is 20.8. The molecule has 0 saturated carbocycles. The number of aromatic nitrogens is 2. The molecule has 32 heavy (non-hydrogen) atoms. The Kier molecular flexibility index (Phi) is 5.49. The second kappa shape index (κ2) is 8.45. The third-order valence-corrected chi connectivity index (χ3v) is 6.88. The largest absolute Gasteiger partial charge is 0.308 e. The number of para-hydroxylation sites is 3. The highest BCUT2D eigenvalue weighted by Crippen LogP contribution is 2.33. The van der Waals surface area contributed by atoms with Crippen LogP contribution in [0.2, 0.25) is 5.02 Å². The molecule has 0 aliphatic carbocycles. The van der Waals surface area contributed by atoms with Crippen molar-refractivity contribution in [2.75, 3.05) is 10.7 Å². The molecule has 5 nitrogen and oxygen atoms in total. The van der Waals surface area contributed by atoms with Crippen molar-refractivity contribution in [1.29, 1.82) is 0 Å². The molecule has 2 heterocycles. The second-order valence-corrected chi connectivity index (χ2v) is 9.09. The van der Waals surface area contributed by atoms with E-state index in [0.29, 0.717) is 26.8 Å². The third-order valence-electron chi connectivity index (χ3n) is 5.64. The maximum absolute atomic E-state index is 13.4. The van der Waals surface area contributed by atoms with E-state index in [4.69, 9.17) is 16.6 Å². The Labute approximate surface area is 194 Å². The average Bonchev–Trinajstić information content (AvgIpc) is 3.14. The van der Waals surface area contributed by atoms with E-state index in [0.717, 1.165) is 12.1 Å². The van der Waals surface area contributed by atoms with Gasteiger partial charge in [0.05, 0.1) is 27.4 Å². The molecule has 4 aromatic rings. The lowest BCUT2D eigenvalue weighted by atomic mass is 10.1. The van der Waals surface area contributed by atoms with Gasteiger partial charge in [0.15, 0.2) is 5.16 Å². The molecule has 160 valence electrons. The van der Waals surface area contributed by atoms with Gasteiger partial charge in [-0.15, -0.1) is 0 Å². The van der Waals surface area contributed by atoms with Crippen molar-refractivity contribution in [3.8, 4) is 5.69 Å². The molecular weight excluding hydrogens is 442 g/mol. The number of fused-ring (bicyclic) bond motifs is 2. The third kappa shape index (κ3) is 3.59. The summed E-state index contributed by atoms with van der Waals surface area (Å²) in [7, 11) is 0. The molecule has 1 aliphatic heterocycles. The Morgan fingerprint density at radius 1 is 1.03 bits per heavy atom. The Bertz CT molecular complexity index is 1400. The van der Waals surface area contributed by atoms with E-state index in [1.54, 1.807) is 24.3 Å². The summed E-state index contributed by atoms with van der Waals surface area (Å²) in [6.45, 7) is 2.05. The number of nitrogens with zero attached hydrogens (tertiary/aromatic N) is 3. The molecule has 0 radical (unpaired) electrons. The van der Waals surface area contributed by atoms with E-state index >= 15 is 0 Å². The van der Waals surface area contributed by atoms with Crippen LogP contribution in [0.15, 0.2) is 82.7 Å². The van der Waals surface area contributed by atoms with Crippen LogP contribution in [0.25, 0.3) is 16.6 Å². The maximum atomic E-state index is 13.4. The van der Waals surface area contributed by atoms with Crippen LogP contribution >= 0.6 is 23.4 Å². The lowest BCUT2D eigenvalue weighted by Crippen LogP contribution is -2.37. The first-order valence-electron chi connectivity index (χ1n) is 10.3. The number of carbonyl (C=O) groups is 1. The molecule has 0 saturated heterocycles. The monoisotopic (exact) mass is 461 g/mol. The maximum Gasteiger partial charge on any atom is 0.266 e. The zero-order valence-corrected chi connectivity index (χ0v) is 18.9. The van der Waals surface area contributed by atoms with Gasteiger partial charge < -0.3 is 4.90 Å². The molecule has 7 heteroatoms. The molecule has 1 unspecified atom stereocenters. The highest BCUT2D eigenvalue weighted by molar-refractivity contribution is 7.99. The molecule has 3 aromatic carbocycles. The van der Waals surface area contributed by atoms with Gasteiger partial charge in [0.25, 0.3) is 5.56 Å². The van der Waals surface area contributed by atoms with Crippen LogP contribution in [0.3, 0.4) is 0 Å². The first-order valence-corrected chi connectivity index (χ1v) is 11.7. The van der Waals surface area contributed by atoms with E-state index in [1.807, 2.05) is 47.4 Å². The molecular formula is C25H20ClN3O2S. The Morgan fingerprint density at radius 3 is 2.53 bits per heavy atom. The topological polar surface area (TPSA) is 55.2 Å². The molecule has 5 rings (SSSR count). The summed E-state index contributed by atoms with van der Waals surface area (Å²) >= 11 is 7.68. The van der Waals surface area contributed by atoms with Crippen molar-refractivity contribution < 1.29 is 4.79 Å². The summed E-state index contributed by atoms with van der Waals surface area (Å²) in [6, 6.07) is 22.4. The van der Waals surface area contributed by atoms with E-state index in [2.05, 4.69) is 13.0 Å². The van der Waals surface area contributed by atoms with Gasteiger partial charge in [-0.05, 0) is 49.2 Å². The number of carbonyl (C=O) groups excluding carboxylic acids is 1. The molecule has 0 bridgehead atoms. The summed E-state index contributed by atoms with van der Waals surface area (Å²) < 4.78 is 1.50. The van der Waals surface area contributed by atoms with Crippen molar-refractivity contribution in [2.24, 2.45) is 0 Å². The number of anilines is 1. The van der Waals surface area contributed by atoms with E-state index < -0.39 is 0 Å². The SMILES string of the molecule is CC1Cc2ccccc2N1C(=O)CSc1nc2ccccc2c(=O)n1-c1ccccc1Cl. The molecule has 0 N–H and O–H groups in total. The van der Waals surface area contributed by atoms with Crippen molar-refractivity contribution >= 4 is 45.9 Å².